The third-order valence-electron chi connectivity index (χ3n) is 5.00. The van der Waals surface area contributed by atoms with Crippen molar-refractivity contribution >= 4 is 22.6 Å². The number of aryl methyl sites for hydroxylation is 3. The van der Waals surface area contributed by atoms with Crippen molar-refractivity contribution in [3.63, 3.8) is 0 Å². The summed E-state index contributed by atoms with van der Waals surface area (Å²) in [5, 5.41) is 3.21. The van der Waals surface area contributed by atoms with E-state index in [1.807, 2.05) is 51.1 Å². The molecule has 6 heteroatoms. The molecule has 0 fully saturated rings. The molecule has 32 heavy (non-hydrogen) atoms. The van der Waals surface area contributed by atoms with Gasteiger partial charge in [-0.1, -0.05) is 29.8 Å². The molecule has 1 heterocycles. The van der Waals surface area contributed by atoms with Crippen molar-refractivity contribution in [3.8, 4) is 17.2 Å². The number of carbonyl (C=O) groups excluding carboxylic acids is 1. The normalized spacial score (nSPS) is 10.7. The topological polar surface area (TPSA) is 77.8 Å². The minimum atomic E-state index is -0.286. The molecule has 1 amide bonds. The number of ether oxygens (including phenoxy) is 2. The van der Waals surface area contributed by atoms with Crippen LogP contribution in [0.25, 0.3) is 11.0 Å². The van der Waals surface area contributed by atoms with E-state index in [1.165, 1.54) is 6.26 Å². The van der Waals surface area contributed by atoms with Gasteiger partial charge >= 0.3 is 0 Å². The van der Waals surface area contributed by atoms with E-state index in [-0.39, 0.29) is 23.7 Å². The first-order chi connectivity index (χ1) is 15.4. The molecule has 0 spiro atoms. The van der Waals surface area contributed by atoms with Gasteiger partial charge in [0.1, 0.15) is 23.3 Å². The summed E-state index contributed by atoms with van der Waals surface area (Å²) in [5.74, 6) is 0.797. The number of anilines is 1. The van der Waals surface area contributed by atoms with E-state index in [0.29, 0.717) is 22.5 Å². The van der Waals surface area contributed by atoms with Crippen LogP contribution in [-0.2, 0) is 4.79 Å². The van der Waals surface area contributed by atoms with Gasteiger partial charge < -0.3 is 19.2 Å². The number of amides is 1. The molecule has 0 aliphatic heterocycles. The van der Waals surface area contributed by atoms with Crippen LogP contribution < -0.4 is 20.2 Å². The standard InChI is InChI=1S/C26H23NO5/c1-16-5-8-19(9-6-16)32-24-14-31-23-13-20(10-11-21(23)26(24)29)30-15-25(28)27-22-12-17(2)4-7-18(22)3/h4-14H,15H2,1-3H3,(H,27,28). The third-order valence-corrected chi connectivity index (χ3v) is 5.00. The fourth-order valence-electron chi connectivity index (χ4n) is 3.19. The van der Waals surface area contributed by atoms with E-state index in [2.05, 4.69) is 5.32 Å². The zero-order valence-corrected chi connectivity index (χ0v) is 18.1. The molecule has 162 valence electrons. The number of carbonyl (C=O) groups is 1. The van der Waals surface area contributed by atoms with Crippen LogP contribution in [0.4, 0.5) is 5.69 Å². The molecule has 0 saturated carbocycles. The molecule has 1 N–H and O–H groups in total. The average molecular weight is 429 g/mol. The van der Waals surface area contributed by atoms with E-state index in [0.717, 1.165) is 22.4 Å². The third kappa shape index (κ3) is 4.81. The fourth-order valence-corrected chi connectivity index (χ4v) is 3.19. The molecule has 0 radical (unpaired) electrons. The van der Waals surface area contributed by atoms with Crippen molar-refractivity contribution in [1.29, 1.82) is 0 Å². The van der Waals surface area contributed by atoms with E-state index in [4.69, 9.17) is 13.9 Å². The van der Waals surface area contributed by atoms with Gasteiger partial charge in [0.05, 0.1) is 5.39 Å². The number of hydrogen-bond acceptors (Lipinski definition) is 5. The van der Waals surface area contributed by atoms with Crippen LogP contribution in [0.3, 0.4) is 0 Å². The van der Waals surface area contributed by atoms with Crippen LogP contribution in [0.15, 0.2) is 76.1 Å². The maximum atomic E-state index is 12.7. The number of benzene rings is 3. The van der Waals surface area contributed by atoms with E-state index in [1.54, 1.807) is 30.3 Å². The summed E-state index contributed by atoms with van der Waals surface area (Å²) in [5.41, 5.74) is 3.94. The van der Waals surface area contributed by atoms with Crippen LogP contribution in [0.1, 0.15) is 16.7 Å². The molecule has 6 nitrogen and oxygen atoms in total. The summed E-state index contributed by atoms with van der Waals surface area (Å²) in [6, 6.07) is 18.0. The summed E-state index contributed by atoms with van der Waals surface area (Å²) in [6.45, 7) is 5.70. The molecular weight excluding hydrogens is 406 g/mol. The van der Waals surface area contributed by atoms with Crippen LogP contribution in [0, 0.1) is 20.8 Å². The Bertz CT molecular complexity index is 1340. The van der Waals surface area contributed by atoms with Crippen LogP contribution >= 0.6 is 0 Å². The summed E-state index contributed by atoms with van der Waals surface area (Å²) >= 11 is 0. The van der Waals surface area contributed by atoms with Crippen LogP contribution in [-0.4, -0.2) is 12.5 Å². The molecule has 3 aromatic carbocycles. The zero-order valence-electron chi connectivity index (χ0n) is 18.1. The van der Waals surface area contributed by atoms with Crippen molar-refractivity contribution < 1.29 is 18.7 Å². The Morgan fingerprint density at radius 1 is 0.906 bits per heavy atom. The van der Waals surface area contributed by atoms with Gasteiger partial charge in [-0.25, -0.2) is 0 Å². The summed E-state index contributed by atoms with van der Waals surface area (Å²) in [6.07, 6.45) is 1.28. The minimum Gasteiger partial charge on any atom is -0.484 e. The molecule has 0 bridgehead atoms. The van der Waals surface area contributed by atoms with Gasteiger partial charge in [0.15, 0.2) is 6.61 Å². The van der Waals surface area contributed by atoms with E-state index >= 15 is 0 Å². The van der Waals surface area contributed by atoms with Crippen LogP contribution in [0.2, 0.25) is 0 Å². The highest BCUT2D eigenvalue weighted by atomic mass is 16.5. The Morgan fingerprint density at radius 2 is 1.62 bits per heavy atom. The lowest BCUT2D eigenvalue weighted by Gasteiger charge is -2.11. The van der Waals surface area contributed by atoms with E-state index in [9.17, 15) is 9.59 Å². The first-order valence-corrected chi connectivity index (χ1v) is 10.2. The quantitative estimate of drug-likeness (QED) is 0.436. The van der Waals surface area contributed by atoms with Gasteiger partial charge in [0.25, 0.3) is 5.91 Å². The second-order valence-electron chi connectivity index (χ2n) is 7.66. The van der Waals surface area contributed by atoms with Crippen molar-refractivity contribution in [2.75, 3.05) is 11.9 Å². The number of nitrogens with one attached hydrogen (secondary N) is 1. The highest BCUT2D eigenvalue weighted by Gasteiger charge is 2.12. The second-order valence-corrected chi connectivity index (χ2v) is 7.66. The van der Waals surface area contributed by atoms with Gasteiger partial charge in [0, 0.05) is 11.8 Å². The van der Waals surface area contributed by atoms with Gasteiger partial charge in [-0.3, -0.25) is 9.59 Å². The molecule has 1 aromatic heterocycles. The number of hydrogen-bond donors (Lipinski definition) is 1. The lowest BCUT2D eigenvalue weighted by atomic mass is 10.1. The highest BCUT2D eigenvalue weighted by molar-refractivity contribution is 5.92. The Morgan fingerprint density at radius 3 is 2.41 bits per heavy atom. The maximum Gasteiger partial charge on any atom is 0.262 e. The smallest absolute Gasteiger partial charge is 0.262 e. The molecular formula is C26H23NO5. The maximum absolute atomic E-state index is 12.7. The molecule has 0 saturated heterocycles. The number of fused-ring (bicyclic) bond motifs is 1. The largest absolute Gasteiger partial charge is 0.484 e. The zero-order chi connectivity index (χ0) is 22.7. The molecule has 0 unspecified atom stereocenters. The van der Waals surface area contributed by atoms with Crippen molar-refractivity contribution in [3.05, 3.63) is 93.8 Å². The van der Waals surface area contributed by atoms with Gasteiger partial charge in [-0.15, -0.1) is 0 Å². The molecule has 4 rings (SSSR count). The molecule has 0 aliphatic rings. The Balaban J connectivity index is 1.45. The lowest BCUT2D eigenvalue weighted by Crippen LogP contribution is -2.20. The molecule has 4 aromatic rings. The summed E-state index contributed by atoms with van der Waals surface area (Å²) in [7, 11) is 0. The van der Waals surface area contributed by atoms with Gasteiger partial charge in [-0.2, -0.15) is 0 Å². The van der Waals surface area contributed by atoms with Crippen LogP contribution in [0.5, 0.6) is 17.2 Å². The number of rotatable bonds is 6. The fraction of sp³-hybridized carbons (Fsp3) is 0.154. The monoisotopic (exact) mass is 429 g/mol. The second kappa shape index (κ2) is 8.98. The summed E-state index contributed by atoms with van der Waals surface area (Å²) in [4.78, 5) is 25.0. The Kier molecular flexibility index (Phi) is 5.94. The average Bonchev–Trinajstić information content (AvgIpc) is 2.78. The Labute approximate surface area is 185 Å². The van der Waals surface area contributed by atoms with E-state index < -0.39 is 0 Å². The first-order valence-electron chi connectivity index (χ1n) is 10.2. The lowest BCUT2D eigenvalue weighted by molar-refractivity contribution is -0.118. The SMILES string of the molecule is Cc1ccc(Oc2coc3cc(OCC(=O)Nc4cc(C)ccc4C)ccc3c2=O)cc1. The van der Waals surface area contributed by atoms with Crippen molar-refractivity contribution in [2.45, 2.75) is 20.8 Å². The predicted molar refractivity (Wildman–Crippen MR) is 124 cm³/mol. The Hall–Kier alpha value is -4.06. The van der Waals surface area contributed by atoms with Crippen molar-refractivity contribution in [2.24, 2.45) is 0 Å². The predicted octanol–water partition coefficient (Wildman–Crippen LogP) is 5.53. The van der Waals surface area contributed by atoms with Gasteiger partial charge in [0.2, 0.25) is 11.2 Å². The summed E-state index contributed by atoms with van der Waals surface area (Å²) < 4.78 is 16.8. The molecule has 0 aliphatic carbocycles. The minimum absolute atomic E-state index is 0.0999. The van der Waals surface area contributed by atoms with Crippen molar-refractivity contribution in [1.82, 2.24) is 0 Å². The highest BCUT2D eigenvalue weighted by Crippen LogP contribution is 2.24. The first kappa shape index (κ1) is 21.2. The molecule has 0 atom stereocenters. The van der Waals surface area contributed by atoms with Gasteiger partial charge in [-0.05, 0) is 62.2 Å².